The Morgan fingerprint density at radius 3 is 2.32 bits per heavy atom. The first-order chi connectivity index (χ1) is 17.5. The van der Waals surface area contributed by atoms with Gasteiger partial charge in [-0.2, -0.15) is 13.2 Å². The normalized spacial score (nSPS) is 23.2. The SMILES string of the molecule is Cn1c(-c2ccccc2C(F)(F)F)nnc1C12CCC(CNC(=O)Nc3ccc(Cl)c(Cl)c3)(CC1)CC2. The van der Waals surface area contributed by atoms with Crippen LogP contribution in [0.25, 0.3) is 11.4 Å². The zero-order valence-corrected chi connectivity index (χ0v) is 21.6. The van der Waals surface area contributed by atoms with Gasteiger partial charge in [0, 0.05) is 30.3 Å². The Bertz CT molecular complexity index is 1320. The molecule has 6 nitrogen and oxygen atoms in total. The molecule has 1 heterocycles. The lowest BCUT2D eigenvalue weighted by molar-refractivity contribution is -0.137. The third-order valence-corrected chi connectivity index (χ3v) is 8.76. The number of nitrogens with zero attached hydrogens (tertiary/aromatic N) is 3. The van der Waals surface area contributed by atoms with Crippen molar-refractivity contribution in [3.63, 3.8) is 0 Å². The van der Waals surface area contributed by atoms with E-state index in [1.807, 2.05) is 0 Å². The Hall–Kier alpha value is -2.78. The van der Waals surface area contributed by atoms with Crippen molar-refractivity contribution < 1.29 is 18.0 Å². The summed E-state index contributed by atoms with van der Waals surface area (Å²) < 4.78 is 42.5. The Morgan fingerprint density at radius 1 is 1.00 bits per heavy atom. The van der Waals surface area contributed by atoms with Crippen LogP contribution >= 0.6 is 23.2 Å². The van der Waals surface area contributed by atoms with Gasteiger partial charge in [0.2, 0.25) is 0 Å². The Balaban J connectivity index is 1.26. The second-order valence-corrected chi connectivity index (χ2v) is 11.0. The number of anilines is 1. The highest BCUT2D eigenvalue weighted by atomic mass is 35.5. The summed E-state index contributed by atoms with van der Waals surface area (Å²) in [6.07, 6.45) is 0.724. The van der Waals surface area contributed by atoms with Gasteiger partial charge in [-0.1, -0.05) is 41.4 Å². The van der Waals surface area contributed by atoms with E-state index in [1.54, 1.807) is 35.9 Å². The second kappa shape index (κ2) is 9.51. The summed E-state index contributed by atoms with van der Waals surface area (Å²) in [6, 6.07) is 10.1. The summed E-state index contributed by atoms with van der Waals surface area (Å²) in [5.74, 6) is 0.957. The van der Waals surface area contributed by atoms with Crippen molar-refractivity contribution in [3.8, 4) is 11.4 Å². The molecule has 3 aliphatic carbocycles. The van der Waals surface area contributed by atoms with Gasteiger partial charge in [-0.3, -0.25) is 0 Å². The van der Waals surface area contributed by atoms with Gasteiger partial charge in [-0.25, -0.2) is 4.79 Å². The molecule has 0 atom stereocenters. The van der Waals surface area contributed by atoms with Crippen molar-refractivity contribution in [1.82, 2.24) is 20.1 Å². The number of fused-ring (bicyclic) bond motifs is 3. The predicted molar refractivity (Wildman–Crippen MR) is 137 cm³/mol. The number of alkyl halides is 3. The summed E-state index contributed by atoms with van der Waals surface area (Å²) in [6.45, 7) is 0.541. The lowest BCUT2D eigenvalue weighted by atomic mass is 9.53. The van der Waals surface area contributed by atoms with Crippen LogP contribution in [0.2, 0.25) is 10.0 Å². The van der Waals surface area contributed by atoms with E-state index in [4.69, 9.17) is 23.2 Å². The molecule has 0 radical (unpaired) electrons. The van der Waals surface area contributed by atoms with Gasteiger partial charge >= 0.3 is 12.2 Å². The van der Waals surface area contributed by atoms with Gasteiger partial charge in [0.1, 0.15) is 5.82 Å². The number of rotatable bonds is 5. The van der Waals surface area contributed by atoms with Crippen LogP contribution in [0.1, 0.15) is 49.9 Å². The molecule has 0 saturated heterocycles. The smallest absolute Gasteiger partial charge is 0.337 e. The first-order valence-corrected chi connectivity index (χ1v) is 12.8. The molecular formula is C26H26Cl2F3N5O. The average molecular weight is 552 g/mol. The molecule has 2 bridgehead atoms. The maximum absolute atomic E-state index is 13.6. The molecule has 37 heavy (non-hydrogen) atoms. The molecule has 196 valence electrons. The first-order valence-electron chi connectivity index (χ1n) is 12.1. The average Bonchev–Trinajstić information content (AvgIpc) is 3.27. The monoisotopic (exact) mass is 551 g/mol. The van der Waals surface area contributed by atoms with Crippen LogP contribution in [0.4, 0.5) is 23.7 Å². The standard InChI is InChI=1S/C26H26Cl2F3N5O/c1-36-21(17-4-2-3-5-18(17)26(29,30)31)34-35-22(36)25-11-8-24(9-12-25,10-13-25)15-32-23(37)33-16-6-7-19(27)20(28)14-16/h2-7,14H,8-13,15H2,1H3,(H2,32,33,37). The lowest BCUT2D eigenvalue weighted by Crippen LogP contribution is -2.50. The van der Waals surface area contributed by atoms with Crippen molar-refractivity contribution in [3.05, 3.63) is 63.9 Å². The largest absolute Gasteiger partial charge is 0.417 e. The minimum absolute atomic E-state index is 0.0129. The number of benzene rings is 2. The molecule has 6 rings (SSSR count). The number of nitrogens with one attached hydrogen (secondary N) is 2. The highest BCUT2D eigenvalue weighted by Gasteiger charge is 2.51. The number of urea groups is 1. The Labute approximate surface area is 222 Å². The summed E-state index contributed by atoms with van der Waals surface area (Å²) in [5, 5.41) is 15.2. The number of hydrogen-bond acceptors (Lipinski definition) is 3. The van der Waals surface area contributed by atoms with Gasteiger partial charge in [0.15, 0.2) is 5.82 Å². The van der Waals surface area contributed by atoms with Crippen molar-refractivity contribution in [2.45, 2.75) is 50.1 Å². The van der Waals surface area contributed by atoms with Crippen molar-refractivity contribution >= 4 is 34.9 Å². The van der Waals surface area contributed by atoms with Gasteiger partial charge < -0.3 is 15.2 Å². The third-order valence-electron chi connectivity index (χ3n) is 8.03. The van der Waals surface area contributed by atoms with Crippen molar-refractivity contribution in [2.75, 3.05) is 11.9 Å². The molecule has 2 amide bonds. The van der Waals surface area contributed by atoms with E-state index < -0.39 is 11.7 Å². The van der Waals surface area contributed by atoms with Gasteiger partial charge in [0.25, 0.3) is 0 Å². The van der Waals surface area contributed by atoms with E-state index in [0.717, 1.165) is 50.4 Å². The quantitative estimate of drug-likeness (QED) is 0.351. The molecule has 0 unspecified atom stereocenters. The second-order valence-electron chi connectivity index (χ2n) is 10.2. The fourth-order valence-corrected chi connectivity index (χ4v) is 6.13. The topological polar surface area (TPSA) is 71.8 Å². The molecule has 0 aliphatic heterocycles. The molecule has 1 aromatic heterocycles. The number of amides is 2. The minimum Gasteiger partial charge on any atom is -0.337 e. The minimum atomic E-state index is -4.48. The lowest BCUT2D eigenvalue weighted by Gasteiger charge is -2.52. The summed E-state index contributed by atoms with van der Waals surface area (Å²) >= 11 is 11.9. The van der Waals surface area contributed by atoms with E-state index >= 15 is 0 Å². The van der Waals surface area contributed by atoms with Gasteiger partial charge in [-0.05, 0) is 68.2 Å². The molecule has 3 saturated carbocycles. The molecule has 3 aliphatic rings. The zero-order valence-electron chi connectivity index (χ0n) is 20.1. The van der Waals surface area contributed by atoms with Gasteiger partial charge in [0.05, 0.1) is 15.6 Å². The number of carbonyl (C=O) groups is 1. The van der Waals surface area contributed by atoms with E-state index in [1.165, 1.54) is 12.1 Å². The van der Waals surface area contributed by atoms with E-state index in [2.05, 4.69) is 20.8 Å². The maximum Gasteiger partial charge on any atom is 0.417 e. The highest BCUT2D eigenvalue weighted by Crippen LogP contribution is 2.57. The first kappa shape index (κ1) is 25.9. The fraction of sp³-hybridized carbons (Fsp3) is 0.423. The summed E-state index contributed by atoms with van der Waals surface area (Å²) in [5.41, 5.74) is -0.365. The zero-order chi connectivity index (χ0) is 26.4. The summed E-state index contributed by atoms with van der Waals surface area (Å²) in [7, 11) is 1.75. The van der Waals surface area contributed by atoms with Crippen LogP contribution in [0.3, 0.4) is 0 Å². The van der Waals surface area contributed by atoms with E-state index in [0.29, 0.717) is 22.3 Å². The van der Waals surface area contributed by atoms with E-state index in [-0.39, 0.29) is 28.2 Å². The molecule has 0 spiro atoms. The van der Waals surface area contributed by atoms with Crippen LogP contribution in [0, 0.1) is 5.41 Å². The highest BCUT2D eigenvalue weighted by molar-refractivity contribution is 6.42. The number of aromatic nitrogens is 3. The number of halogens is 5. The number of carbonyl (C=O) groups excluding carboxylic acids is 1. The Morgan fingerprint density at radius 2 is 1.68 bits per heavy atom. The van der Waals surface area contributed by atoms with Crippen LogP contribution in [0.15, 0.2) is 42.5 Å². The predicted octanol–water partition coefficient (Wildman–Crippen LogP) is 7.22. The molecule has 2 N–H and O–H groups in total. The summed E-state index contributed by atoms with van der Waals surface area (Å²) in [4.78, 5) is 12.5. The van der Waals surface area contributed by atoms with Crippen molar-refractivity contribution in [1.29, 1.82) is 0 Å². The van der Waals surface area contributed by atoms with E-state index in [9.17, 15) is 18.0 Å². The van der Waals surface area contributed by atoms with Crippen LogP contribution in [0.5, 0.6) is 0 Å². The molecule has 2 aromatic carbocycles. The van der Waals surface area contributed by atoms with Crippen LogP contribution < -0.4 is 10.6 Å². The van der Waals surface area contributed by atoms with Gasteiger partial charge in [-0.15, -0.1) is 10.2 Å². The van der Waals surface area contributed by atoms with Crippen molar-refractivity contribution in [2.24, 2.45) is 12.5 Å². The van der Waals surface area contributed by atoms with Crippen LogP contribution in [-0.4, -0.2) is 27.3 Å². The fourth-order valence-electron chi connectivity index (χ4n) is 5.83. The molecule has 11 heteroatoms. The maximum atomic E-state index is 13.6. The molecule has 3 fully saturated rings. The molecule has 3 aromatic rings. The number of hydrogen-bond donors (Lipinski definition) is 2. The third kappa shape index (κ3) is 4.91. The molecular weight excluding hydrogens is 526 g/mol. The van der Waals surface area contributed by atoms with Crippen LogP contribution in [-0.2, 0) is 18.6 Å². The Kier molecular flexibility index (Phi) is 6.64.